The monoisotopic (exact) mass is 402 g/mol. The Bertz CT molecular complexity index is 496. The van der Waals surface area contributed by atoms with E-state index in [4.69, 9.17) is 0 Å². The van der Waals surface area contributed by atoms with E-state index in [1.54, 1.807) is 0 Å². The Balaban J connectivity index is 0.00000264. The predicted molar refractivity (Wildman–Crippen MR) is 102 cm³/mol. The predicted octanol–water partition coefficient (Wildman–Crippen LogP) is 3.90. The lowest BCUT2D eigenvalue weighted by Gasteiger charge is -2.35. The molecule has 1 aliphatic heterocycles. The highest BCUT2D eigenvalue weighted by atomic mass is 79.9. The van der Waals surface area contributed by atoms with E-state index < -0.39 is 0 Å². The van der Waals surface area contributed by atoms with Crippen LogP contribution < -0.4 is 5.32 Å². The summed E-state index contributed by atoms with van der Waals surface area (Å²) < 4.78 is 1.10. The summed E-state index contributed by atoms with van der Waals surface area (Å²) in [7, 11) is 1.99. The summed E-state index contributed by atoms with van der Waals surface area (Å²) in [5, 5.41) is 3.24. The van der Waals surface area contributed by atoms with Crippen LogP contribution in [0.3, 0.4) is 0 Å². The molecule has 5 heteroatoms. The van der Waals surface area contributed by atoms with Gasteiger partial charge in [-0.3, -0.25) is 4.79 Å². The molecule has 1 amide bonds. The van der Waals surface area contributed by atoms with Crippen LogP contribution in [0, 0.1) is 11.8 Å². The molecule has 1 aromatic carbocycles. The Morgan fingerprint density at radius 3 is 2.83 bits per heavy atom. The van der Waals surface area contributed by atoms with Gasteiger partial charge < -0.3 is 10.2 Å². The minimum atomic E-state index is 0. The zero-order chi connectivity index (χ0) is 15.9. The SMILES string of the molecule is CCC(Cc1ccccc1Br)C(=O)N1CCCC(CNC)C1.Cl. The maximum absolute atomic E-state index is 12.9. The molecule has 0 spiro atoms. The number of piperidine rings is 1. The smallest absolute Gasteiger partial charge is 0.226 e. The van der Waals surface area contributed by atoms with E-state index in [9.17, 15) is 4.79 Å². The highest BCUT2D eigenvalue weighted by molar-refractivity contribution is 9.10. The highest BCUT2D eigenvalue weighted by Gasteiger charge is 2.28. The summed E-state index contributed by atoms with van der Waals surface area (Å²) in [5.41, 5.74) is 1.23. The zero-order valence-electron chi connectivity index (χ0n) is 14.1. The van der Waals surface area contributed by atoms with Crippen LogP contribution in [-0.2, 0) is 11.2 Å². The minimum absolute atomic E-state index is 0. The number of likely N-dealkylation sites (tertiary alicyclic amines) is 1. The van der Waals surface area contributed by atoms with Gasteiger partial charge >= 0.3 is 0 Å². The molecular weight excluding hydrogens is 376 g/mol. The fraction of sp³-hybridized carbons (Fsp3) is 0.611. The van der Waals surface area contributed by atoms with Crippen molar-refractivity contribution in [3.63, 3.8) is 0 Å². The molecule has 0 aliphatic carbocycles. The van der Waals surface area contributed by atoms with Crippen molar-refractivity contribution in [2.75, 3.05) is 26.7 Å². The lowest BCUT2D eigenvalue weighted by Crippen LogP contribution is -2.45. The van der Waals surface area contributed by atoms with Gasteiger partial charge in [-0.25, -0.2) is 0 Å². The molecule has 23 heavy (non-hydrogen) atoms. The van der Waals surface area contributed by atoms with Gasteiger partial charge in [-0.15, -0.1) is 12.4 Å². The molecule has 0 radical (unpaired) electrons. The number of carbonyl (C=O) groups is 1. The van der Waals surface area contributed by atoms with E-state index >= 15 is 0 Å². The average molecular weight is 404 g/mol. The second-order valence-corrected chi connectivity index (χ2v) is 7.11. The summed E-state index contributed by atoms with van der Waals surface area (Å²) >= 11 is 3.60. The average Bonchev–Trinajstić information content (AvgIpc) is 2.54. The molecule has 1 saturated heterocycles. The highest BCUT2D eigenvalue weighted by Crippen LogP contribution is 2.24. The van der Waals surface area contributed by atoms with Crippen LogP contribution in [0.25, 0.3) is 0 Å². The van der Waals surface area contributed by atoms with Gasteiger partial charge in [-0.1, -0.05) is 41.1 Å². The number of hydrogen-bond donors (Lipinski definition) is 1. The second kappa shape index (κ2) is 10.3. The van der Waals surface area contributed by atoms with E-state index in [0.29, 0.717) is 11.8 Å². The summed E-state index contributed by atoms with van der Waals surface area (Å²) in [6.07, 6.45) is 4.08. The lowest BCUT2D eigenvalue weighted by atomic mass is 9.92. The van der Waals surface area contributed by atoms with Crippen molar-refractivity contribution < 1.29 is 4.79 Å². The summed E-state index contributed by atoms with van der Waals surface area (Å²) in [5.74, 6) is 1.02. The topological polar surface area (TPSA) is 32.3 Å². The van der Waals surface area contributed by atoms with Crippen molar-refractivity contribution in [3.05, 3.63) is 34.3 Å². The Morgan fingerprint density at radius 2 is 2.17 bits per heavy atom. The van der Waals surface area contributed by atoms with E-state index in [2.05, 4.69) is 45.2 Å². The van der Waals surface area contributed by atoms with Gasteiger partial charge in [-0.2, -0.15) is 0 Å². The molecule has 1 heterocycles. The molecule has 0 bridgehead atoms. The van der Waals surface area contributed by atoms with Gasteiger partial charge in [0.15, 0.2) is 0 Å². The largest absolute Gasteiger partial charge is 0.342 e. The summed E-state index contributed by atoms with van der Waals surface area (Å²) in [6, 6.07) is 8.22. The van der Waals surface area contributed by atoms with Crippen LogP contribution in [-0.4, -0.2) is 37.5 Å². The van der Waals surface area contributed by atoms with Gasteiger partial charge in [0, 0.05) is 23.5 Å². The maximum Gasteiger partial charge on any atom is 0.226 e. The molecule has 2 atom stereocenters. The molecule has 2 unspecified atom stereocenters. The molecule has 0 aromatic heterocycles. The zero-order valence-corrected chi connectivity index (χ0v) is 16.5. The van der Waals surface area contributed by atoms with E-state index in [1.165, 1.54) is 12.0 Å². The second-order valence-electron chi connectivity index (χ2n) is 6.25. The summed E-state index contributed by atoms with van der Waals surface area (Å²) in [4.78, 5) is 15.0. The van der Waals surface area contributed by atoms with Crippen molar-refractivity contribution in [1.29, 1.82) is 0 Å². The number of rotatable bonds is 6. The number of amides is 1. The minimum Gasteiger partial charge on any atom is -0.342 e. The molecule has 3 nitrogen and oxygen atoms in total. The fourth-order valence-electron chi connectivity index (χ4n) is 3.31. The van der Waals surface area contributed by atoms with Gasteiger partial charge in [-0.05, 0) is 56.8 Å². The molecule has 0 saturated carbocycles. The standard InChI is InChI=1S/C18H27BrN2O.ClH/c1-3-15(11-16-8-4-5-9-17(16)19)18(22)21-10-6-7-14(13-21)12-20-2;/h4-5,8-9,14-15,20H,3,6-7,10-13H2,1-2H3;1H. The molecule has 1 N–H and O–H groups in total. The molecule has 2 rings (SSSR count). The van der Waals surface area contributed by atoms with Gasteiger partial charge in [0.1, 0.15) is 0 Å². The number of carbonyl (C=O) groups excluding carboxylic acids is 1. The Labute approximate surface area is 154 Å². The number of halogens is 2. The third kappa shape index (κ3) is 5.77. The normalized spacial score (nSPS) is 19.1. The molecule has 1 fully saturated rings. The molecule has 130 valence electrons. The quantitative estimate of drug-likeness (QED) is 0.781. The van der Waals surface area contributed by atoms with Crippen molar-refractivity contribution in [2.45, 2.75) is 32.6 Å². The van der Waals surface area contributed by atoms with Gasteiger partial charge in [0.05, 0.1) is 0 Å². The van der Waals surface area contributed by atoms with Crippen LogP contribution >= 0.6 is 28.3 Å². The van der Waals surface area contributed by atoms with Crippen molar-refractivity contribution in [3.8, 4) is 0 Å². The van der Waals surface area contributed by atoms with Crippen LogP contribution in [0.4, 0.5) is 0 Å². The third-order valence-electron chi connectivity index (χ3n) is 4.59. The number of nitrogens with zero attached hydrogens (tertiary/aromatic N) is 1. The van der Waals surface area contributed by atoms with E-state index in [-0.39, 0.29) is 18.3 Å². The molecule has 1 aliphatic rings. The summed E-state index contributed by atoms with van der Waals surface area (Å²) in [6.45, 7) is 4.96. The number of nitrogens with one attached hydrogen (secondary N) is 1. The van der Waals surface area contributed by atoms with Crippen LogP contribution in [0.1, 0.15) is 31.7 Å². The number of hydrogen-bond acceptors (Lipinski definition) is 2. The first-order valence-corrected chi connectivity index (χ1v) is 9.11. The first-order valence-electron chi connectivity index (χ1n) is 8.32. The van der Waals surface area contributed by atoms with E-state index in [1.807, 2.05) is 19.2 Å². The lowest BCUT2D eigenvalue weighted by molar-refractivity contribution is -0.137. The van der Waals surface area contributed by atoms with Crippen LogP contribution in [0.5, 0.6) is 0 Å². The number of benzene rings is 1. The van der Waals surface area contributed by atoms with E-state index in [0.717, 1.165) is 43.4 Å². The van der Waals surface area contributed by atoms with Crippen LogP contribution in [0.2, 0.25) is 0 Å². The third-order valence-corrected chi connectivity index (χ3v) is 5.36. The molecule has 1 aromatic rings. The first kappa shape index (κ1) is 20.5. The van der Waals surface area contributed by atoms with Gasteiger partial charge in [0.25, 0.3) is 0 Å². The van der Waals surface area contributed by atoms with Crippen molar-refractivity contribution >= 4 is 34.2 Å². The Morgan fingerprint density at radius 1 is 1.43 bits per heavy atom. The molecular formula is C18H28BrClN2O. The Kier molecular flexibility index (Phi) is 9.18. The first-order chi connectivity index (χ1) is 10.7. The fourth-order valence-corrected chi connectivity index (χ4v) is 3.76. The van der Waals surface area contributed by atoms with Crippen LogP contribution in [0.15, 0.2) is 28.7 Å². The maximum atomic E-state index is 12.9. The Hall–Kier alpha value is -0.580. The van der Waals surface area contributed by atoms with Gasteiger partial charge in [0.2, 0.25) is 5.91 Å². The van der Waals surface area contributed by atoms with Crippen molar-refractivity contribution in [2.24, 2.45) is 11.8 Å². The van der Waals surface area contributed by atoms with Crippen molar-refractivity contribution in [1.82, 2.24) is 10.2 Å².